The first-order chi connectivity index (χ1) is 17.9. The van der Waals surface area contributed by atoms with Crippen molar-refractivity contribution in [2.75, 3.05) is 12.3 Å². The quantitative estimate of drug-likeness (QED) is 0.212. The highest BCUT2D eigenvalue weighted by atomic mass is 79.9. The number of anilines is 1. The van der Waals surface area contributed by atoms with Crippen molar-refractivity contribution in [3.8, 4) is 11.5 Å². The Bertz CT molecular complexity index is 1210. The molecule has 0 aromatic heterocycles. The molecule has 9 heteroatoms. The second-order valence-corrected chi connectivity index (χ2v) is 10.8. The Balaban J connectivity index is 1.52. The van der Waals surface area contributed by atoms with Crippen LogP contribution in [0.5, 0.6) is 11.5 Å². The summed E-state index contributed by atoms with van der Waals surface area (Å²) in [5.74, 6) is 1.21. The number of carbonyl (C=O) groups excluding carboxylic acids is 2. The minimum Gasteiger partial charge on any atom is -0.457 e. The number of amides is 2. The van der Waals surface area contributed by atoms with Crippen LogP contribution in [0.25, 0.3) is 0 Å². The largest absolute Gasteiger partial charge is 0.457 e. The molecule has 5 N–H and O–H groups in total. The molecule has 1 heterocycles. The summed E-state index contributed by atoms with van der Waals surface area (Å²) in [7, 11) is 0. The van der Waals surface area contributed by atoms with Crippen LogP contribution in [0.15, 0.2) is 75.7 Å². The van der Waals surface area contributed by atoms with E-state index in [1.807, 2.05) is 66.7 Å². The Hall–Kier alpha value is -2.88. The average molecular weight is 630 g/mol. The van der Waals surface area contributed by atoms with Crippen molar-refractivity contribution in [2.24, 2.45) is 5.73 Å². The third-order valence-corrected chi connectivity index (χ3v) is 7.65. The van der Waals surface area contributed by atoms with Crippen LogP contribution in [-0.2, 0) is 22.6 Å². The zero-order valence-corrected chi connectivity index (χ0v) is 23.5. The van der Waals surface area contributed by atoms with E-state index in [9.17, 15) is 9.59 Å². The van der Waals surface area contributed by atoms with Gasteiger partial charge in [-0.15, -0.1) is 0 Å². The number of hydrogen-bond acceptors (Lipinski definition) is 5. The molecule has 3 aromatic carbocycles. The van der Waals surface area contributed by atoms with Gasteiger partial charge < -0.3 is 26.4 Å². The first kappa shape index (κ1) is 27.2. The summed E-state index contributed by atoms with van der Waals surface area (Å²) in [6.45, 7) is 0.880. The molecule has 1 fully saturated rings. The molecular weight excluding hydrogens is 600 g/mol. The lowest BCUT2D eigenvalue weighted by Crippen LogP contribution is -2.63. The summed E-state index contributed by atoms with van der Waals surface area (Å²) in [4.78, 5) is 28.6. The molecular formula is C28H30Br2N4O3. The monoisotopic (exact) mass is 628 g/mol. The molecule has 2 amide bonds. The van der Waals surface area contributed by atoms with Crippen molar-refractivity contribution >= 4 is 49.4 Å². The van der Waals surface area contributed by atoms with Crippen molar-refractivity contribution in [1.82, 2.24) is 10.2 Å². The number of ether oxygens (including phenoxy) is 1. The van der Waals surface area contributed by atoms with Crippen LogP contribution in [0.3, 0.4) is 0 Å². The number of carbonyl (C=O) groups is 2. The molecule has 1 saturated heterocycles. The summed E-state index contributed by atoms with van der Waals surface area (Å²) in [6.07, 6.45) is 2.49. The van der Waals surface area contributed by atoms with E-state index in [1.165, 1.54) is 0 Å². The molecule has 1 aliphatic heterocycles. The molecule has 0 bridgehead atoms. The number of unbranched alkanes of at least 4 members (excludes halogenated alkanes) is 1. The summed E-state index contributed by atoms with van der Waals surface area (Å²) >= 11 is 6.92. The smallest absolute Gasteiger partial charge is 0.246 e. The lowest BCUT2D eigenvalue weighted by atomic mass is 9.96. The fourth-order valence-electron chi connectivity index (χ4n) is 4.39. The van der Waals surface area contributed by atoms with Crippen molar-refractivity contribution in [3.05, 3.63) is 86.8 Å². The number of hydrogen-bond donors (Lipinski definition) is 3. The highest BCUT2D eigenvalue weighted by molar-refractivity contribution is 9.11. The number of rotatable bonds is 10. The number of nitrogens with one attached hydrogen (secondary N) is 1. The second-order valence-electron chi connectivity index (χ2n) is 9.06. The van der Waals surface area contributed by atoms with Gasteiger partial charge in [0.15, 0.2) is 0 Å². The molecule has 4 rings (SSSR count). The Morgan fingerprint density at radius 2 is 1.54 bits per heavy atom. The van der Waals surface area contributed by atoms with Crippen LogP contribution in [0.1, 0.15) is 30.4 Å². The first-order valence-corrected chi connectivity index (χ1v) is 13.8. The maximum absolute atomic E-state index is 13.7. The summed E-state index contributed by atoms with van der Waals surface area (Å²) in [5, 5.41) is 2.95. The van der Waals surface area contributed by atoms with E-state index in [-0.39, 0.29) is 11.8 Å². The minimum absolute atomic E-state index is 0.106. The molecule has 0 spiro atoms. The Kier molecular flexibility index (Phi) is 9.23. The lowest BCUT2D eigenvalue weighted by molar-refractivity contribution is -0.150. The van der Waals surface area contributed by atoms with Gasteiger partial charge in [-0.1, -0.05) is 30.3 Å². The third kappa shape index (κ3) is 6.91. The number of nitrogens with zero attached hydrogens (tertiary/aromatic N) is 1. The van der Waals surface area contributed by atoms with Crippen LogP contribution in [0, 0.1) is 0 Å². The molecule has 2 unspecified atom stereocenters. The van der Waals surface area contributed by atoms with Gasteiger partial charge in [0.1, 0.15) is 23.6 Å². The second kappa shape index (κ2) is 12.6. The number of para-hydroxylation sites is 1. The zero-order chi connectivity index (χ0) is 26.4. The molecule has 37 heavy (non-hydrogen) atoms. The normalized spacial score (nSPS) is 17.5. The number of nitrogens with two attached hydrogens (primary N) is 2. The van der Waals surface area contributed by atoms with Gasteiger partial charge in [-0.3, -0.25) is 9.59 Å². The molecule has 7 nitrogen and oxygen atoms in total. The third-order valence-electron chi connectivity index (χ3n) is 6.34. The molecule has 194 valence electrons. The summed E-state index contributed by atoms with van der Waals surface area (Å²) < 4.78 is 7.36. The SMILES string of the molecule is NCCCCC1C(=O)NC(Cc2cc(Br)c(N)c(Br)c2)C(=O)N1Cc1ccc(Oc2ccccc2)cc1. The van der Waals surface area contributed by atoms with Crippen LogP contribution < -0.4 is 21.5 Å². The standard InChI is InChI=1S/C28H30Br2N4O3/c29-22-14-19(15-23(30)26(22)32)16-24-28(36)34(25(27(35)33-24)8-4-5-13-31)17-18-9-11-21(12-10-18)37-20-6-2-1-3-7-20/h1-3,6-7,9-12,14-15,24-25H,4-5,8,13,16-17,31-32H2,(H,33,35). The van der Waals surface area contributed by atoms with Crippen LogP contribution in [0.4, 0.5) is 5.69 Å². The minimum atomic E-state index is -0.665. The predicted molar refractivity (Wildman–Crippen MR) is 152 cm³/mol. The van der Waals surface area contributed by atoms with Gasteiger partial charge >= 0.3 is 0 Å². The van der Waals surface area contributed by atoms with Gasteiger partial charge in [-0.2, -0.15) is 0 Å². The Morgan fingerprint density at radius 3 is 2.19 bits per heavy atom. The Morgan fingerprint density at radius 1 is 0.892 bits per heavy atom. The van der Waals surface area contributed by atoms with Gasteiger partial charge in [0, 0.05) is 21.9 Å². The molecule has 3 aromatic rings. The zero-order valence-electron chi connectivity index (χ0n) is 20.3. The maximum Gasteiger partial charge on any atom is 0.246 e. The number of halogens is 2. The molecule has 2 atom stereocenters. The van der Waals surface area contributed by atoms with Gasteiger partial charge in [0.25, 0.3) is 0 Å². The summed E-state index contributed by atoms with van der Waals surface area (Å²) in [5.41, 5.74) is 14.1. The van der Waals surface area contributed by atoms with Gasteiger partial charge in [-0.05, 0) is 105 Å². The van der Waals surface area contributed by atoms with Crippen molar-refractivity contribution in [1.29, 1.82) is 0 Å². The lowest BCUT2D eigenvalue weighted by Gasteiger charge is -2.39. The van der Waals surface area contributed by atoms with Gasteiger partial charge in [0.05, 0.1) is 5.69 Å². The number of piperazine rings is 1. The van der Waals surface area contributed by atoms with E-state index in [0.717, 1.165) is 38.7 Å². The van der Waals surface area contributed by atoms with Crippen molar-refractivity contribution in [3.63, 3.8) is 0 Å². The van der Waals surface area contributed by atoms with E-state index < -0.39 is 12.1 Å². The number of nitrogen functional groups attached to an aromatic ring is 1. The molecule has 1 aliphatic rings. The fourth-order valence-corrected chi connectivity index (χ4v) is 5.68. The van der Waals surface area contributed by atoms with E-state index in [1.54, 1.807) is 4.90 Å². The average Bonchev–Trinajstić information content (AvgIpc) is 2.89. The molecule has 0 saturated carbocycles. The maximum atomic E-state index is 13.7. The molecule has 0 aliphatic carbocycles. The van der Waals surface area contributed by atoms with Crippen molar-refractivity contribution < 1.29 is 14.3 Å². The fraction of sp³-hybridized carbons (Fsp3) is 0.286. The van der Waals surface area contributed by atoms with Crippen LogP contribution >= 0.6 is 31.9 Å². The van der Waals surface area contributed by atoms with Gasteiger partial charge in [-0.25, -0.2) is 0 Å². The number of benzene rings is 3. The predicted octanol–water partition coefficient (Wildman–Crippen LogP) is 5.15. The topological polar surface area (TPSA) is 111 Å². The van der Waals surface area contributed by atoms with Crippen LogP contribution in [0.2, 0.25) is 0 Å². The van der Waals surface area contributed by atoms with E-state index in [4.69, 9.17) is 16.2 Å². The first-order valence-electron chi connectivity index (χ1n) is 12.2. The Labute approximate surface area is 233 Å². The van der Waals surface area contributed by atoms with Crippen molar-refractivity contribution in [2.45, 2.75) is 44.3 Å². The van der Waals surface area contributed by atoms with E-state index >= 15 is 0 Å². The summed E-state index contributed by atoms with van der Waals surface area (Å²) in [6, 6.07) is 19.7. The highest BCUT2D eigenvalue weighted by Crippen LogP contribution is 2.31. The van der Waals surface area contributed by atoms with Gasteiger partial charge in [0.2, 0.25) is 11.8 Å². The van der Waals surface area contributed by atoms with E-state index in [0.29, 0.717) is 37.4 Å². The molecule has 0 radical (unpaired) electrons. The van der Waals surface area contributed by atoms with E-state index in [2.05, 4.69) is 37.2 Å². The highest BCUT2D eigenvalue weighted by Gasteiger charge is 2.40. The van der Waals surface area contributed by atoms with Crippen LogP contribution in [-0.4, -0.2) is 35.3 Å².